The van der Waals surface area contributed by atoms with Gasteiger partial charge in [-0.1, -0.05) is 30.3 Å². The molecule has 6 heteroatoms. The third kappa shape index (κ3) is 5.13. The van der Waals surface area contributed by atoms with Crippen LogP contribution in [-0.2, 0) is 11.8 Å². The zero-order valence-corrected chi connectivity index (χ0v) is 16.2. The van der Waals surface area contributed by atoms with Gasteiger partial charge in [0.2, 0.25) is 5.91 Å². The lowest BCUT2D eigenvalue weighted by Crippen LogP contribution is -2.31. The van der Waals surface area contributed by atoms with Gasteiger partial charge in [0.15, 0.2) is 0 Å². The van der Waals surface area contributed by atoms with Crippen LogP contribution in [0.15, 0.2) is 67.0 Å². The fourth-order valence-electron chi connectivity index (χ4n) is 2.93. The molecule has 0 aliphatic heterocycles. The largest absolute Gasteiger partial charge is 0.497 e. The average Bonchev–Trinajstić information content (AvgIpc) is 3.16. The van der Waals surface area contributed by atoms with Crippen molar-refractivity contribution < 1.29 is 14.3 Å². The Balaban J connectivity index is 1.53. The van der Waals surface area contributed by atoms with Crippen molar-refractivity contribution in [1.82, 2.24) is 14.9 Å². The fourth-order valence-corrected chi connectivity index (χ4v) is 2.93. The molecule has 0 bridgehead atoms. The van der Waals surface area contributed by atoms with Gasteiger partial charge in [-0.3, -0.25) is 4.79 Å². The summed E-state index contributed by atoms with van der Waals surface area (Å²) in [6, 6.07) is 17.0. The Hall–Kier alpha value is -3.28. The van der Waals surface area contributed by atoms with E-state index >= 15 is 0 Å². The fraction of sp³-hybridized carbons (Fsp3) is 0.273. The highest BCUT2D eigenvalue weighted by Crippen LogP contribution is 2.20. The van der Waals surface area contributed by atoms with Crippen LogP contribution in [-0.4, -0.2) is 29.2 Å². The molecule has 1 atom stereocenters. The molecule has 146 valence electrons. The van der Waals surface area contributed by atoms with E-state index in [2.05, 4.69) is 10.3 Å². The molecule has 0 unspecified atom stereocenters. The third-order valence-corrected chi connectivity index (χ3v) is 4.43. The summed E-state index contributed by atoms with van der Waals surface area (Å²) >= 11 is 0. The Morgan fingerprint density at radius 3 is 2.46 bits per heavy atom. The minimum absolute atomic E-state index is 0.0322. The SMILES string of the molecule is COc1ccc(OCCCC(=O)N[C@H](c2ccccc2)c2nccn2C)cc1. The number of hydrogen-bond donors (Lipinski definition) is 1. The number of carbonyl (C=O) groups is 1. The molecule has 0 fully saturated rings. The number of nitrogens with one attached hydrogen (secondary N) is 1. The van der Waals surface area contributed by atoms with Crippen molar-refractivity contribution >= 4 is 5.91 Å². The molecule has 3 rings (SSSR count). The molecule has 0 radical (unpaired) electrons. The minimum atomic E-state index is -0.281. The molecule has 1 aromatic heterocycles. The number of methoxy groups -OCH3 is 1. The first-order chi connectivity index (χ1) is 13.7. The monoisotopic (exact) mass is 379 g/mol. The zero-order chi connectivity index (χ0) is 19.8. The van der Waals surface area contributed by atoms with Gasteiger partial charge in [0, 0.05) is 25.9 Å². The van der Waals surface area contributed by atoms with Gasteiger partial charge in [0.25, 0.3) is 0 Å². The first kappa shape index (κ1) is 19.5. The molecule has 3 aromatic rings. The number of amides is 1. The van der Waals surface area contributed by atoms with Gasteiger partial charge in [-0.05, 0) is 36.2 Å². The topological polar surface area (TPSA) is 65.4 Å². The van der Waals surface area contributed by atoms with Crippen LogP contribution in [0.5, 0.6) is 11.5 Å². The van der Waals surface area contributed by atoms with E-state index in [1.54, 1.807) is 13.3 Å². The minimum Gasteiger partial charge on any atom is -0.497 e. The summed E-state index contributed by atoms with van der Waals surface area (Å²) in [4.78, 5) is 16.9. The van der Waals surface area contributed by atoms with Gasteiger partial charge in [0.05, 0.1) is 13.7 Å². The summed E-state index contributed by atoms with van der Waals surface area (Å²) in [6.07, 6.45) is 4.62. The van der Waals surface area contributed by atoms with E-state index in [1.807, 2.05) is 72.4 Å². The van der Waals surface area contributed by atoms with Crippen molar-refractivity contribution in [2.75, 3.05) is 13.7 Å². The highest BCUT2D eigenvalue weighted by molar-refractivity contribution is 5.76. The summed E-state index contributed by atoms with van der Waals surface area (Å²) in [5, 5.41) is 3.10. The second-order valence-corrected chi connectivity index (χ2v) is 6.44. The molecule has 0 spiro atoms. The third-order valence-electron chi connectivity index (χ3n) is 4.43. The van der Waals surface area contributed by atoms with Crippen LogP contribution in [0.25, 0.3) is 0 Å². The van der Waals surface area contributed by atoms with Gasteiger partial charge in [0.1, 0.15) is 23.4 Å². The van der Waals surface area contributed by atoms with E-state index in [4.69, 9.17) is 9.47 Å². The number of aromatic nitrogens is 2. The summed E-state index contributed by atoms with van der Waals surface area (Å²) in [6.45, 7) is 0.470. The van der Waals surface area contributed by atoms with Crippen molar-refractivity contribution in [3.63, 3.8) is 0 Å². The second-order valence-electron chi connectivity index (χ2n) is 6.44. The van der Waals surface area contributed by atoms with E-state index in [0.29, 0.717) is 19.4 Å². The molecule has 0 saturated heterocycles. The van der Waals surface area contributed by atoms with Crippen LogP contribution in [0.2, 0.25) is 0 Å². The number of ether oxygens (including phenoxy) is 2. The molecule has 0 aliphatic rings. The summed E-state index contributed by atoms with van der Waals surface area (Å²) < 4.78 is 12.7. The first-order valence-electron chi connectivity index (χ1n) is 9.26. The Morgan fingerprint density at radius 1 is 1.11 bits per heavy atom. The van der Waals surface area contributed by atoms with Crippen molar-refractivity contribution in [3.05, 3.63) is 78.4 Å². The van der Waals surface area contributed by atoms with Crippen LogP contribution in [0.1, 0.15) is 30.3 Å². The van der Waals surface area contributed by atoms with Crippen LogP contribution in [0.4, 0.5) is 0 Å². The smallest absolute Gasteiger partial charge is 0.220 e. The predicted molar refractivity (Wildman–Crippen MR) is 107 cm³/mol. The second kappa shape index (κ2) is 9.60. The van der Waals surface area contributed by atoms with Crippen LogP contribution in [0, 0.1) is 0 Å². The van der Waals surface area contributed by atoms with E-state index in [1.165, 1.54) is 0 Å². The van der Waals surface area contributed by atoms with E-state index in [0.717, 1.165) is 22.9 Å². The van der Waals surface area contributed by atoms with Crippen molar-refractivity contribution in [1.29, 1.82) is 0 Å². The summed E-state index contributed by atoms with van der Waals surface area (Å²) in [7, 11) is 3.55. The molecule has 2 aromatic carbocycles. The maximum Gasteiger partial charge on any atom is 0.220 e. The Labute approximate surface area is 165 Å². The lowest BCUT2D eigenvalue weighted by atomic mass is 10.1. The van der Waals surface area contributed by atoms with E-state index in [-0.39, 0.29) is 11.9 Å². The highest BCUT2D eigenvalue weighted by atomic mass is 16.5. The standard InChI is InChI=1S/C22H25N3O3/c1-25-15-14-23-22(25)21(17-7-4-3-5-8-17)24-20(26)9-6-16-28-19-12-10-18(27-2)11-13-19/h3-5,7-8,10-15,21H,6,9,16H2,1-2H3,(H,24,26)/t21-/m1/s1. The number of carbonyl (C=O) groups excluding carboxylic acids is 1. The molecular weight excluding hydrogens is 354 g/mol. The molecule has 28 heavy (non-hydrogen) atoms. The Morgan fingerprint density at radius 2 is 1.82 bits per heavy atom. The number of aryl methyl sites for hydroxylation is 1. The molecule has 6 nitrogen and oxygen atoms in total. The normalized spacial score (nSPS) is 11.6. The zero-order valence-electron chi connectivity index (χ0n) is 16.2. The molecule has 0 saturated carbocycles. The van der Waals surface area contributed by atoms with Gasteiger partial charge in [-0.25, -0.2) is 4.98 Å². The summed E-state index contributed by atoms with van der Waals surface area (Å²) in [5.74, 6) is 2.31. The van der Waals surface area contributed by atoms with Gasteiger partial charge in [-0.2, -0.15) is 0 Å². The summed E-state index contributed by atoms with van der Waals surface area (Å²) in [5.41, 5.74) is 1.000. The van der Waals surface area contributed by atoms with Gasteiger partial charge >= 0.3 is 0 Å². The van der Waals surface area contributed by atoms with Gasteiger partial charge in [-0.15, -0.1) is 0 Å². The molecular formula is C22H25N3O3. The Kier molecular flexibility index (Phi) is 6.68. The molecule has 0 aliphatic carbocycles. The highest BCUT2D eigenvalue weighted by Gasteiger charge is 2.20. The molecule has 1 heterocycles. The van der Waals surface area contributed by atoms with Crippen LogP contribution in [0.3, 0.4) is 0 Å². The number of benzene rings is 2. The number of hydrogen-bond acceptors (Lipinski definition) is 4. The number of imidazole rings is 1. The average molecular weight is 379 g/mol. The van der Waals surface area contributed by atoms with E-state index < -0.39 is 0 Å². The Bertz CT molecular complexity index is 876. The first-order valence-corrected chi connectivity index (χ1v) is 9.26. The van der Waals surface area contributed by atoms with E-state index in [9.17, 15) is 4.79 Å². The van der Waals surface area contributed by atoms with Crippen molar-refractivity contribution in [3.8, 4) is 11.5 Å². The lowest BCUT2D eigenvalue weighted by Gasteiger charge is -2.19. The lowest BCUT2D eigenvalue weighted by molar-refractivity contribution is -0.121. The van der Waals surface area contributed by atoms with Crippen LogP contribution < -0.4 is 14.8 Å². The van der Waals surface area contributed by atoms with Crippen molar-refractivity contribution in [2.24, 2.45) is 7.05 Å². The quantitative estimate of drug-likeness (QED) is 0.578. The molecule has 1 amide bonds. The predicted octanol–water partition coefficient (Wildman–Crippen LogP) is 3.49. The molecule has 1 N–H and O–H groups in total. The van der Waals surface area contributed by atoms with Crippen molar-refractivity contribution in [2.45, 2.75) is 18.9 Å². The number of rotatable bonds is 9. The van der Waals surface area contributed by atoms with Crippen LogP contribution >= 0.6 is 0 Å². The van der Waals surface area contributed by atoms with Gasteiger partial charge < -0.3 is 19.4 Å². The number of nitrogens with zero attached hydrogens (tertiary/aromatic N) is 2. The maximum absolute atomic E-state index is 12.5. The maximum atomic E-state index is 12.5.